The van der Waals surface area contributed by atoms with E-state index in [1.54, 1.807) is 0 Å². The maximum Gasteiger partial charge on any atom is 0.408 e. The van der Waals surface area contributed by atoms with Crippen LogP contribution >= 0.6 is 0 Å². The zero-order chi connectivity index (χ0) is 22.5. The Balaban J connectivity index is 2.51. The molecule has 3 N–H and O–H groups in total. The lowest BCUT2D eigenvalue weighted by Gasteiger charge is -2.32. The van der Waals surface area contributed by atoms with Crippen molar-refractivity contribution in [1.82, 2.24) is 16.0 Å². The first kappa shape index (κ1) is 26.5. The van der Waals surface area contributed by atoms with Crippen LogP contribution in [0.4, 0.5) is 4.79 Å². The number of hydrogen-bond acceptors (Lipinski definition) is 5. The smallest absolute Gasteiger partial charge is 0.408 e. The highest BCUT2D eigenvalue weighted by Gasteiger charge is 2.30. The summed E-state index contributed by atoms with van der Waals surface area (Å²) in [4.78, 5) is 17.0. The van der Waals surface area contributed by atoms with E-state index < -0.39 is 17.2 Å². The summed E-state index contributed by atoms with van der Waals surface area (Å²) >= 11 is 0. The maximum absolute atomic E-state index is 12.3. The van der Waals surface area contributed by atoms with Gasteiger partial charge in [-0.3, -0.25) is 4.99 Å². The van der Waals surface area contributed by atoms with Gasteiger partial charge in [-0.1, -0.05) is 13.8 Å². The van der Waals surface area contributed by atoms with E-state index in [0.717, 1.165) is 71.0 Å². The quantitative estimate of drug-likeness (QED) is 0.266. The van der Waals surface area contributed by atoms with Crippen molar-refractivity contribution in [2.45, 2.75) is 90.9 Å². The third kappa shape index (κ3) is 11.0. The van der Waals surface area contributed by atoms with Gasteiger partial charge in [-0.15, -0.1) is 0 Å². The molecule has 8 heteroatoms. The van der Waals surface area contributed by atoms with Gasteiger partial charge in [-0.05, 0) is 59.8 Å². The minimum atomic E-state index is -0.524. The van der Waals surface area contributed by atoms with Gasteiger partial charge in [0.15, 0.2) is 5.96 Å². The second-order valence-corrected chi connectivity index (χ2v) is 8.77. The Bertz CT molecular complexity index is 510. The van der Waals surface area contributed by atoms with Crippen LogP contribution in [0.2, 0.25) is 0 Å². The van der Waals surface area contributed by atoms with E-state index in [2.05, 4.69) is 29.8 Å². The third-order valence-corrected chi connectivity index (χ3v) is 5.14. The van der Waals surface area contributed by atoms with Crippen LogP contribution in [-0.2, 0) is 14.2 Å². The molecule has 0 aromatic carbocycles. The molecule has 176 valence electrons. The topological polar surface area (TPSA) is 93.2 Å². The number of guanidine groups is 1. The molecule has 1 heterocycles. The number of alkyl carbamates (subject to hydrolysis) is 1. The molecular weight excluding hydrogens is 384 g/mol. The normalized spacial score (nSPS) is 16.3. The van der Waals surface area contributed by atoms with Gasteiger partial charge in [0.1, 0.15) is 5.60 Å². The van der Waals surface area contributed by atoms with E-state index in [0.29, 0.717) is 12.6 Å². The highest BCUT2D eigenvalue weighted by molar-refractivity contribution is 5.79. The van der Waals surface area contributed by atoms with Crippen LogP contribution < -0.4 is 16.0 Å². The van der Waals surface area contributed by atoms with Crippen molar-refractivity contribution >= 4 is 12.1 Å². The largest absolute Gasteiger partial charge is 0.444 e. The first-order valence-electron chi connectivity index (χ1n) is 11.5. The van der Waals surface area contributed by atoms with Gasteiger partial charge in [0.25, 0.3) is 0 Å². The molecular formula is C22H44N4O4. The highest BCUT2D eigenvalue weighted by Crippen LogP contribution is 2.17. The second kappa shape index (κ2) is 13.7. The summed E-state index contributed by atoms with van der Waals surface area (Å²) in [7, 11) is 0. The monoisotopic (exact) mass is 428 g/mol. The summed E-state index contributed by atoms with van der Waals surface area (Å²) in [6.07, 6.45) is 4.34. The molecule has 1 fully saturated rings. The lowest BCUT2D eigenvalue weighted by Crippen LogP contribution is -2.52. The van der Waals surface area contributed by atoms with Crippen LogP contribution in [0.5, 0.6) is 0 Å². The van der Waals surface area contributed by atoms with Crippen molar-refractivity contribution in [1.29, 1.82) is 0 Å². The fraction of sp³-hybridized carbons (Fsp3) is 0.909. The molecule has 1 rings (SSSR count). The molecule has 1 saturated heterocycles. The van der Waals surface area contributed by atoms with Crippen molar-refractivity contribution < 1.29 is 19.0 Å². The minimum absolute atomic E-state index is 0.328. The van der Waals surface area contributed by atoms with Crippen molar-refractivity contribution in [2.75, 3.05) is 39.5 Å². The molecule has 0 aromatic rings. The molecule has 0 radical (unpaired) electrons. The Hall–Kier alpha value is -1.54. The molecule has 0 saturated carbocycles. The van der Waals surface area contributed by atoms with E-state index in [9.17, 15) is 4.79 Å². The fourth-order valence-corrected chi connectivity index (χ4v) is 3.15. The fourth-order valence-electron chi connectivity index (χ4n) is 3.15. The van der Waals surface area contributed by atoms with Crippen LogP contribution in [0.1, 0.15) is 73.6 Å². The number of nitrogens with zero attached hydrogens (tertiary/aromatic N) is 1. The minimum Gasteiger partial charge on any atom is -0.444 e. The summed E-state index contributed by atoms with van der Waals surface area (Å²) in [6, 6.07) is 0. The van der Waals surface area contributed by atoms with Gasteiger partial charge in [0.05, 0.1) is 18.2 Å². The molecule has 1 aliphatic heterocycles. The number of carbonyl (C=O) groups is 1. The Labute approximate surface area is 182 Å². The van der Waals surface area contributed by atoms with Crippen LogP contribution in [0, 0.1) is 0 Å². The SMILES string of the molecule is CCNC(=NCC(CC)(CC)NC(=O)OC(C)(C)C)NCCCOC1CCOCC1. The van der Waals surface area contributed by atoms with E-state index in [1.807, 2.05) is 27.7 Å². The summed E-state index contributed by atoms with van der Waals surface area (Å²) in [6.45, 7) is 16.1. The van der Waals surface area contributed by atoms with E-state index in [1.165, 1.54) is 0 Å². The van der Waals surface area contributed by atoms with E-state index >= 15 is 0 Å². The summed E-state index contributed by atoms with van der Waals surface area (Å²) in [5.41, 5.74) is -0.958. The molecule has 0 atom stereocenters. The number of amides is 1. The lowest BCUT2D eigenvalue weighted by molar-refractivity contribution is -0.0320. The summed E-state index contributed by atoms with van der Waals surface area (Å²) in [5.74, 6) is 0.751. The van der Waals surface area contributed by atoms with Gasteiger partial charge in [0, 0.05) is 32.9 Å². The highest BCUT2D eigenvalue weighted by atomic mass is 16.6. The zero-order valence-electron chi connectivity index (χ0n) is 19.9. The predicted molar refractivity (Wildman–Crippen MR) is 121 cm³/mol. The number of aliphatic imine (C=N–C) groups is 1. The second-order valence-electron chi connectivity index (χ2n) is 8.77. The molecule has 0 unspecified atom stereocenters. The average Bonchev–Trinajstić information content (AvgIpc) is 2.70. The molecule has 0 bridgehead atoms. The standard InChI is InChI=1S/C22H44N4O4/c1-7-22(8-2,26-20(27)30-21(4,5)6)17-25-19(23-9-3)24-13-10-14-29-18-11-15-28-16-12-18/h18H,7-17H2,1-6H3,(H,26,27)(H2,23,24,25). The Morgan fingerprint density at radius 3 is 2.33 bits per heavy atom. The van der Waals surface area contributed by atoms with Gasteiger partial charge >= 0.3 is 6.09 Å². The van der Waals surface area contributed by atoms with Crippen molar-refractivity contribution in [3.63, 3.8) is 0 Å². The first-order valence-corrected chi connectivity index (χ1v) is 11.5. The summed E-state index contributed by atoms with van der Waals surface area (Å²) < 4.78 is 16.7. The first-order chi connectivity index (χ1) is 14.2. The third-order valence-electron chi connectivity index (χ3n) is 5.14. The van der Waals surface area contributed by atoms with E-state index in [-0.39, 0.29) is 0 Å². The van der Waals surface area contributed by atoms with Gasteiger partial charge in [-0.2, -0.15) is 0 Å². The number of ether oxygens (including phenoxy) is 3. The summed E-state index contributed by atoms with van der Waals surface area (Å²) in [5, 5.41) is 9.68. The number of nitrogens with one attached hydrogen (secondary N) is 3. The number of rotatable bonds is 11. The number of carbonyl (C=O) groups excluding carboxylic acids is 1. The molecule has 0 spiro atoms. The van der Waals surface area contributed by atoms with Crippen molar-refractivity contribution in [3.05, 3.63) is 0 Å². The Morgan fingerprint density at radius 2 is 1.77 bits per heavy atom. The molecule has 1 aliphatic rings. The van der Waals surface area contributed by atoms with Crippen molar-refractivity contribution in [2.24, 2.45) is 4.99 Å². The van der Waals surface area contributed by atoms with E-state index in [4.69, 9.17) is 19.2 Å². The molecule has 30 heavy (non-hydrogen) atoms. The zero-order valence-corrected chi connectivity index (χ0v) is 19.9. The lowest BCUT2D eigenvalue weighted by atomic mass is 9.93. The molecule has 0 aliphatic carbocycles. The number of hydrogen-bond donors (Lipinski definition) is 3. The van der Waals surface area contributed by atoms with Crippen LogP contribution in [0.3, 0.4) is 0 Å². The molecule has 0 aromatic heterocycles. The van der Waals surface area contributed by atoms with Gasteiger partial charge < -0.3 is 30.2 Å². The Morgan fingerprint density at radius 1 is 1.10 bits per heavy atom. The maximum atomic E-state index is 12.3. The van der Waals surface area contributed by atoms with Gasteiger partial charge in [-0.25, -0.2) is 4.79 Å². The molecule has 8 nitrogen and oxygen atoms in total. The Kier molecular flexibility index (Phi) is 12.1. The average molecular weight is 429 g/mol. The van der Waals surface area contributed by atoms with Crippen LogP contribution in [0.25, 0.3) is 0 Å². The van der Waals surface area contributed by atoms with Crippen LogP contribution in [-0.4, -0.2) is 68.8 Å². The van der Waals surface area contributed by atoms with Gasteiger partial charge in [0.2, 0.25) is 0 Å². The van der Waals surface area contributed by atoms with Crippen molar-refractivity contribution in [3.8, 4) is 0 Å². The molecule has 1 amide bonds. The predicted octanol–water partition coefficient (Wildman–Crippen LogP) is 3.21. The van der Waals surface area contributed by atoms with Crippen LogP contribution in [0.15, 0.2) is 4.99 Å².